The highest BCUT2D eigenvalue weighted by Crippen LogP contribution is 2.18. The van der Waals surface area contributed by atoms with Crippen molar-refractivity contribution < 1.29 is 0 Å². The first-order valence-electron chi connectivity index (χ1n) is 6.71. The number of benzene rings is 1. The molecule has 0 saturated heterocycles. The minimum absolute atomic E-state index is 0.576. The molecule has 0 aliphatic heterocycles. The maximum absolute atomic E-state index is 5.87. The average Bonchev–Trinajstić information content (AvgIpc) is 2.78. The number of hydrogen-bond donors (Lipinski definition) is 1. The molecular weight excluding hydrogens is 302 g/mol. The van der Waals surface area contributed by atoms with Crippen LogP contribution in [-0.4, -0.2) is 9.78 Å². The van der Waals surface area contributed by atoms with Gasteiger partial charge >= 0.3 is 0 Å². The first kappa shape index (κ1) is 14.3. The minimum atomic E-state index is 0.576. The lowest BCUT2D eigenvalue weighted by Crippen LogP contribution is -2.08. The summed E-state index contributed by atoms with van der Waals surface area (Å²) in [6.07, 6.45) is 1.91. The van der Waals surface area contributed by atoms with Gasteiger partial charge in [-0.1, -0.05) is 41.9 Å². The molecule has 0 amide bonds. The number of aromatic nitrogens is 2. The van der Waals surface area contributed by atoms with Gasteiger partial charge in [0.05, 0.1) is 12.2 Å². The Hall–Kier alpha value is -1.13. The molecule has 0 aliphatic rings. The molecule has 0 spiro atoms. The van der Waals surface area contributed by atoms with Gasteiger partial charge in [0.1, 0.15) is 0 Å². The monoisotopic (exact) mass is 321 g/mol. The van der Waals surface area contributed by atoms with Crippen LogP contribution >= 0.6 is 15.9 Å². The van der Waals surface area contributed by atoms with Crippen LogP contribution in [0, 0.1) is 0 Å². The van der Waals surface area contributed by atoms with Crippen LogP contribution in [0.1, 0.15) is 36.4 Å². The van der Waals surface area contributed by atoms with Crippen molar-refractivity contribution in [2.75, 3.05) is 0 Å². The number of halogens is 1. The Bertz CT molecular complexity index is 543. The van der Waals surface area contributed by atoms with Crippen LogP contribution in [0.15, 0.2) is 28.7 Å². The zero-order chi connectivity index (χ0) is 13.8. The number of hydrogen-bond acceptors (Lipinski definition) is 2. The summed E-state index contributed by atoms with van der Waals surface area (Å²) in [4.78, 5) is 0. The molecule has 0 radical (unpaired) electrons. The molecule has 2 rings (SSSR count). The van der Waals surface area contributed by atoms with Crippen LogP contribution in [0.3, 0.4) is 0 Å². The average molecular weight is 322 g/mol. The van der Waals surface area contributed by atoms with Crippen molar-refractivity contribution in [1.82, 2.24) is 9.78 Å². The molecule has 0 aliphatic carbocycles. The molecule has 3 nitrogen and oxygen atoms in total. The fraction of sp³-hybridized carbons (Fsp3) is 0.400. The zero-order valence-corrected chi connectivity index (χ0v) is 13.1. The second kappa shape index (κ2) is 6.35. The van der Waals surface area contributed by atoms with E-state index in [4.69, 9.17) is 10.8 Å². The highest BCUT2D eigenvalue weighted by molar-refractivity contribution is 9.10. The van der Waals surface area contributed by atoms with E-state index in [2.05, 4.69) is 58.7 Å². The summed E-state index contributed by atoms with van der Waals surface area (Å²) < 4.78 is 3.20. The Kier molecular flexibility index (Phi) is 4.77. The first-order chi connectivity index (χ1) is 9.19. The lowest BCUT2D eigenvalue weighted by atomic mass is 10.1. The molecule has 2 N–H and O–H groups in total. The minimum Gasteiger partial charge on any atom is -0.326 e. The lowest BCUT2D eigenvalue weighted by molar-refractivity contribution is 0.639. The van der Waals surface area contributed by atoms with Crippen LogP contribution < -0.4 is 5.73 Å². The number of nitrogens with two attached hydrogens (primary N) is 1. The summed E-state index contributed by atoms with van der Waals surface area (Å²) in [6.45, 7) is 5.68. The number of aryl methyl sites for hydroxylation is 1. The van der Waals surface area contributed by atoms with E-state index in [0.717, 1.165) is 29.6 Å². The van der Waals surface area contributed by atoms with Gasteiger partial charge in [-0.2, -0.15) is 5.10 Å². The van der Waals surface area contributed by atoms with Crippen molar-refractivity contribution in [3.8, 4) is 0 Å². The third-order valence-electron chi connectivity index (χ3n) is 3.37. The largest absolute Gasteiger partial charge is 0.326 e. The summed E-state index contributed by atoms with van der Waals surface area (Å²) in [5, 5.41) is 4.71. The summed E-state index contributed by atoms with van der Waals surface area (Å²) in [6, 6.07) is 8.38. The third-order valence-corrected chi connectivity index (χ3v) is 3.90. The van der Waals surface area contributed by atoms with Crippen molar-refractivity contribution in [3.63, 3.8) is 0 Å². The van der Waals surface area contributed by atoms with Crippen LogP contribution in [0.4, 0.5) is 0 Å². The van der Waals surface area contributed by atoms with E-state index >= 15 is 0 Å². The van der Waals surface area contributed by atoms with Gasteiger partial charge < -0.3 is 5.73 Å². The van der Waals surface area contributed by atoms with Crippen molar-refractivity contribution in [2.45, 2.75) is 39.8 Å². The Morgan fingerprint density at radius 2 is 1.84 bits per heavy atom. The topological polar surface area (TPSA) is 43.8 Å². The van der Waals surface area contributed by atoms with Gasteiger partial charge in [-0.05, 0) is 30.5 Å². The predicted molar refractivity (Wildman–Crippen MR) is 82.1 cm³/mol. The zero-order valence-electron chi connectivity index (χ0n) is 11.5. The standard InChI is InChI=1S/C15H20BrN3/c1-3-14-13(9-17)15(4-2)19(18-14)10-11-5-7-12(16)8-6-11/h5-8H,3-4,9-10,17H2,1-2H3. The van der Waals surface area contributed by atoms with E-state index in [1.54, 1.807) is 0 Å². The summed E-state index contributed by atoms with van der Waals surface area (Å²) in [5.74, 6) is 0. The molecule has 102 valence electrons. The molecule has 19 heavy (non-hydrogen) atoms. The Labute approximate surface area is 122 Å². The third kappa shape index (κ3) is 3.07. The molecule has 0 atom stereocenters. The smallest absolute Gasteiger partial charge is 0.0669 e. The molecule has 4 heteroatoms. The second-order valence-electron chi connectivity index (χ2n) is 4.57. The number of nitrogens with zero attached hydrogens (tertiary/aromatic N) is 2. The van der Waals surface area contributed by atoms with Crippen LogP contribution in [-0.2, 0) is 25.9 Å². The Balaban J connectivity index is 2.34. The molecule has 0 bridgehead atoms. The van der Waals surface area contributed by atoms with Crippen LogP contribution in [0.5, 0.6) is 0 Å². The fourth-order valence-corrected chi connectivity index (χ4v) is 2.66. The maximum atomic E-state index is 5.87. The normalized spacial score (nSPS) is 10.9. The molecule has 0 unspecified atom stereocenters. The van der Waals surface area contributed by atoms with Gasteiger partial charge in [0.25, 0.3) is 0 Å². The second-order valence-corrected chi connectivity index (χ2v) is 5.48. The molecule has 0 fully saturated rings. The van der Waals surface area contributed by atoms with Gasteiger partial charge in [-0.15, -0.1) is 0 Å². The summed E-state index contributed by atoms with van der Waals surface area (Å²) in [7, 11) is 0. The van der Waals surface area contributed by atoms with Crippen molar-refractivity contribution in [1.29, 1.82) is 0 Å². The van der Waals surface area contributed by atoms with E-state index in [9.17, 15) is 0 Å². The predicted octanol–water partition coefficient (Wildman–Crippen LogP) is 3.28. The summed E-state index contributed by atoms with van der Waals surface area (Å²) in [5.41, 5.74) is 10.8. The van der Waals surface area contributed by atoms with E-state index in [1.165, 1.54) is 16.8 Å². The van der Waals surface area contributed by atoms with E-state index in [-0.39, 0.29) is 0 Å². The quantitative estimate of drug-likeness (QED) is 0.918. The van der Waals surface area contributed by atoms with E-state index in [0.29, 0.717) is 6.54 Å². The van der Waals surface area contributed by atoms with Crippen molar-refractivity contribution in [3.05, 3.63) is 51.3 Å². The van der Waals surface area contributed by atoms with E-state index in [1.807, 2.05) is 0 Å². The Morgan fingerprint density at radius 3 is 2.37 bits per heavy atom. The Morgan fingerprint density at radius 1 is 1.16 bits per heavy atom. The number of rotatable bonds is 5. The SMILES string of the molecule is CCc1nn(Cc2ccc(Br)cc2)c(CC)c1CN. The van der Waals surface area contributed by atoms with Gasteiger partial charge in [0.15, 0.2) is 0 Å². The maximum Gasteiger partial charge on any atom is 0.0669 e. The van der Waals surface area contributed by atoms with Crippen molar-refractivity contribution >= 4 is 15.9 Å². The molecule has 2 aromatic rings. The lowest BCUT2D eigenvalue weighted by Gasteiger charge is -2.07. The molecule has 1 heterocycles. The highest BCUT2D eigenvalue weighted by Gasteiger charge is 2.14. The van der Waals surface area contributed by atoms with Gasteiger partial charge in [-0.25, -0.2) is 0 Å². The fourth-order valence-electron chi connectivity index (χ4n) is 2.40. The van der Waals surface area contributed by atoms with Crippen molar-refractivity contribution in [2.24, 2.45) is 5.73 Å². The molecular formula is C15H20BrN3. The molecule has 0 saturated carbocycles. The highest BCUT2D eigenvalue weighted by atomic mass is 79.9. The van der Waals surface area contributed by atoms with Gasteiger partial charge in [-0.3, -0.25) is 4.68 Å². The van der Waals surface area contributed by atoms with Gasteiger partial charge in [0, 0.05) is 22.3 Å². The molecule has 1 aromatic heterocycles. The van der Waals surface area contributed by atoms with Crippen LogP contribution in [0.25, 0.3) is 0 Å². The first-order valence-corrected chi connectivity index (χ1v) is 7.50. The summed E-state index contributed by atoms with van der Waals surface area (Å²) >= 11 is 3.46. The van der Waals surface area contributed by atoms with Crippen LogP contribution in [0.2, 0.25) is 0 Å². The molecule has 1 aromatic carbocycles. The van der Waals surface area contributed by atoms with E-state index < -0.39 is 0 Å². The van der Waals surface area contributed by atoms with Gasteiger partial charge in [0.2, 0.25) is 0 Å².